The van der Waals surface area contributed by atoms with Crippen molar-refractivity contribution in [1.82, 2.24) is 24.5 Å². The summed E-state index contributed by atoms with van der Waals surface area (Å²) < 4.78 is 8.71. The Morgan fingerprint density at radius 3 is 2.44 bits per heavy atom. The number of rotatable bonds is 7. The van der Waals surface area contributed by atoms with Gasteiger partial charge in [-0.3, -0.25) is 4.79 Å². The molecule has 9 heteroatoms. The molecule has 4 rings (SSSR count). The van der Waals surface area contributed by atoms with Crippen molar-refractivity contribution in [1.29, 1.82) is 0 Å². The Kier molecular flexibility index (Phi) is 6.45. The average molecular weight is 460 g/mol. The number of anilines is 1. The molecule has 34 heavy (non-hydrogen) atoms. The molecule has 0 saturated carbocycles. The lowest BCUT2D eigenvalue weighted by molar-refractivity contribution is 0.304. The van der Waals surface area contributed by atoms with Crippen molar-refractivity contribution >= 4 is 17.7 Å². The SMILES string of the molecule is CC(C)N(COc1ccc(C=Nn2c(=O)c(C(C)(C)C)nn3cnnc23)cc1)c1ccccc1. The first-order valence-electron chi connectivity index (χ1n) is 11.2. The fourth-order valence-electron chi connectivity index (χ4n) is 3.41. The molecule has 0 amide bonds. The van der Waals surface area contributed by atoms with Crippen LogP contribution in [0, 0.1) is 0 Å². The molecule has 0 aliphatic rings. The predicted octanol–water partition coefficient (Wildman–Crippen LogP) is 3.72. The molecule has 0 fully saturated rings. The minimum absolute atomic E-state index is 0.254. The molecule has 176 valence electrons. The van der Waals surface area contributed by atoms with Gasteiger partial charge in [-0.2, -0.15) is 19.4 Å². The standard InChI is InChI=1S/C25H29N7O2/c1-18(2)30(20-9-7-6-8-10-20)17-34-21-13-11-19(12-14-21)15-27-32-23(33)22(25(3,4)5)29-31-16-26-28-24(31)32/h6-16,18H,17H2,1-5H3. The highest BCUT2D eigenvalue weighted by Crippen LogP contribution is 2.19. The Bertz CT molecular complexity index is 1330. The van der Waals surface area contributed by atoms with Gasteiger partial charge < -0.3 is 9.64 Å². The van der Waals surface area contributed by atoms with Gasteiger partial charge in [0.05, 0.1) is 6.21 Å². The van der Waals surface area contributed by atoms with E-state index in [9.17, 15) is 4.79 Å². The van der Waals surface area contributed by atoms with Gasteiger partial charge in [-0.1, -0.05) is 39.0 Å². The Morgan fingerprint density at radius 1 is 1.09 bits per heavy atom. The van der Waals surface area contributed by atoms with Crippen molar-refractivity contribution in [2.24, 2.45) is 5.10 Å². The fraction of sp³-hybridized carbons (Fsp3) is 0.320. The Balaban J connectivity index is 1.52. The second-order valence-corrected chi connectivity index (χ2v) is 9.28. The van der Waals surface area contributed by atoms with Crippen LogP contribution < -0.4 is 15.2 Å². The molecule has 2 heterocycles. The van der Waals surface area contributed by atoms with Crippen molar-refractivity contribution in [2.45, 2.75) is 46.1 Å². The maximum Gasteiger partial charge on any atom is 0.298 e. The van der Waals surface area contributed by atoms with Crippen LogP contribution in [-0.4, -0.2) is 43.5 Å². The second kappa shape index (κ2) is 9.46. The van der Waals surface area contributed by atoms with E-state index in [-0.39, 0.29) is 11.3 Å². The van der Waals surface area contributed by atoms with Gasteiger partial charge in [-0.15, -0.1) is 10.2 Å². The van der Waals surface area contributed by atoms with Gasteiger partial charge in [0.1, 0.15) is 17.8 Å². The first-order chi connectivity index (χ1) is 16.2. The smallest absolute Gasteiger partial charge is 0.298 e. The van der Waals surface area contributed by atoms with Gasteiger partial charge in [0.2, 0.25) is 0 Å². The zero-order valence-corrected chi connectivity index (χ0v) is 20.1. The number of aromatic nitrogens is 5. The molecule has 2 aromatic heterocycles. The van der Waals surface area contributed by atoms with Crippen LogP contribution >= 0.6 is 0 Å². The number of fused-ring (bicyclic) bond motifs is 1. The van der Waals surface area contributed by atoms with Gasteiger partial charge in [-0.05, 0) is 55.8 Å². The average Bonchev–Trinajstić information content (AvgIpc) is 3.27. The van der Waals surface area contributed by atoms with E-state index in [0.717, 1.165) is 17.0 Å². The molecule has 9 nitrogen and oxygen atoms in total. The van der Waals surface area contributed by atoms with E-state index < -0.39 is 5.41 Å². The third-order valence-electron chi connectivity index (χ3n) is 5.30. The van der Waals surface area contributed by atoms with Crippen LogP contribution in [0.5, 0.6) is 5.75 Å². The number of hydrogen-bond donors (Lipinski definition) is 0. The fourth-order valence-corrected chi connectivity index (χ4v) is 3.41. The molecular weight excluding hydrogens is 430 g/mol. The van der Waals surface area contributed by atoms with Crippen molar-refractivity contribution in [3.05, 3.63) is 82.5 Å². The predicted molar refractivity (Wildman–Crippen MR) is 133 cm³/mol. The number of ether oxygens (including phenoxy) is 1. The first-order valence-corrected chi connectivity index (χ1v) is 11.2. The third-order valence-corrected chi connectivity index (χ3v) is 5.30. The lowest BCUT2D eigenvalue weighted by Crippen LogP contribution is -2.34. The van der Waals surface area contributed by atoms with Crippen LogP contribution in [0.4, 0.5) is 5.69 Å². The van der Waals surface area contributed by atoms with Crippen LogP contribution in [0.25, 0.3) is 5.78 Å². The van der Waals surface area contributed by atoms with Crippen LogP contribution in [0.1, 0.15) is 45.9 Å². The van der Waals surface area contributed by atoms with Gasteiger partial charge in [-0.25, -0.2) is 0 Å². The van der Waals surface area contributed by atoms with Crippen LogP contribution in [0.3, 0.4) is 0 Å². The number of para-hydroxylation sites is 1. The van der Waals surface area contributed by atoms with E-state index in [4.69, 9.17) is 4.74 Å². The molecule has 0 unspecified atom stereocenters. The molecule has 0 atom stereocenters. The van der Waals surface area contributed by atoms with E-state index in [2.05, 4.69) is 51.3 Å². The summed E-state index contributed by atoms with van der Waals surface area (Å²) in [5.74, 6) is 0.999. The van der Waals surface area contributed by atoms with Crippen LogP contribution in [-0.2, 0) is 5.41 Å². The number of hydrogen-bond acceptors (Lipinski definition) is 7. The number of benzene rings is 2. The lowest BCUT2D eigenvalue weighted by Gasteiger charge is -2.28. The summed E-state index contributed by atoms with van der Waals surface area (Å²) in [6.45, 7) is 10.5. The van der Waals surface area contributed by atoms with E-state index in [0.29, 0.717) is 18.5 Å². The van der Waals surface area contributed by atoms with Crippen molar-refractivity contribution in [3.8, 4) is 5.75 Å². The zero-order valence-electron chi connectivity index (χ0n) is 20.1. The lowest BCUT2D eigenvalue weighted by atomic mass is 9.93. The summed E-state index contributed by atoms with van der Waals surface area (Å²) in [5.41, 5.74) is 1.54. The molecule has 0 bridgehead atoms. The van der Waals surface area contributed by atoms with Crippen LogP contribution in [0.15, 0.2) is 70.8 Å². The molecule has 0 aliphatic heterocycles. The molecule has 2 aromatic carbocycles. The van der Waals surface area contributed by atoms with Gasteiger partial charge in [0.25, 0.3) is 11.3 Å². The second-order valence-electron chi connectivity index (χ2n) is 9.28. The molecule has 0 N–H and O–H groups in total. The van der Waals surface area contributed by atoms with E-state index in [1.54, 1.807) is 6.21 Å². The van der Waals surface area contributed by atoms with E-state index in [1.165, 1.54) is 15.5 Å². The zero-order chi connectivity index (χ0) is 24.3. The minimum atomic E-state index is -0.449. The highest BCUT2D eigenvalue weighted by molar-refractivity contribution is 5.79. The highest BCUT2D eigenvalue weighted by Gasteiger charge is 2.23. The molecular formula is C25H29N7O2. The van der Waals surface area contributed by atoms with E-state index in [1.807, 2.05) is 63.2 Å². The summed E-state index contributed by atoms with van der Waals surface area (Å²) in [6.07, 6.45) is 3.06. The maximum absolute atomic E-state index is 13.0. The van der Waals surface area contributed by atoms with Gasteiger partial charge >= 0.3 is 0 Å². The molecule has 4 aromatic rings. The Labute approximate surface area is 198 Å². The number of nitrogens with zero attached hydrogens (tertiary/aromatic N) is 7. The summed E-state index contributed by atoms with van der Waals surface area (Å²) in [5, 5.41) is 16.6. The summed E-state index contributed by atoms with van der Waals surface area (Å²) in [7, 11) is 0. The van der Waals surface area contributed by atoms with Crippen LogP contribution in [0.2, 0.25) is 0 Å². The van der Waals surface area contributed by atoms with Gasteiger partial charge in [0.15, 0.2) is 6.73 Å². The maximum atomic E-state index is 13.0. The largest absolute Gasteiger partial charge is 0.473 e. The van der Waals surface area contributed by atoms with Crippen molar-refractivity contribution < 1.29 is 4.74 Å². The van der Waals surface area contributed by atoms with Gasteiger partial charge in [0, 0.05) is 17.1 Å². The van der Waals surface area contributed by atoms with E-state index >= 15 is 0 Å². The normalized spacial score (nSPS) is 12.1. The molecule has 0 radical (unpaired) electrons. The monoisotopic (exact) mass is 459 g/mol. The Morgan fingerprint density at radius 2 is 1.79 bits per heavy atom. The van der Waals surface area contributed by atoms with Crippen molar-refractivity contribution in [3.63, 3.8) is 0 Å². The molecule has 0 spiro atoms. The minimum Gasteiger partial charge on any atom is -0.473 e. The quantitative estimate of drug-likeness (QED) is 0.309. The first kappa shape index (κ1) is 23.2. The Hall–Kier alpha value is -4.01. The molecule has 0 saturated heterocycles. The molecule has 0 aliphatic carbocycles. The summed E-state index contributed by atoms with van der Waals surface area (Å²) in [6, 6.07) is 18.0. The summed E-state index contributed by atoms with van der Waals surface area (Å²) in [4.78, 5) is 15.2. The summed E-state index contributed by atoms with van der Waals surface area (Å²) >= 11 is 0. The highest BCUT2D eigenvalue weighted by atomic mass is 16.5. The topological polar surface area (TPSA) is 89.9 Å². The van der Waals surface area contributed by atoms with Crippen molar-refractivity contribution in [2.75, 3.05) is 11.6 Å². The third kappa shape index (κ3) is 4.98.